The molecule has 0 aromatic rings. The highest BCUT2D eigenvalue weighted by atomic mass is 16.6. The Morgan fingerprint density at radius 3 is 2.11 bits per heavy atom. The molecular weight excluding hydrogens is 458 g/mol. The maximum Gasteiger partial charge on any atom is 0.407 e. The summed E-state index contributed by atoms with van der Waals surface area (Å²) < 4.78 is 21.6. The Kier molecular flexibility index (Phi) is 14.4. The summed E-state index contributed by atoms with van der Waals surface area (Å²) >= 11 is 0. The van der Waals surface area contributed by atoms with Crippen LogP contribution in [0, 0.1) is 0 Å². The first-order valence-electron chi connectivity index (χ1n) is 12.2. The third-order valence-electron chi connectivity index (χ3n) is 5.28. The van der Waals surface area contributed by atoms with Gasteiger partial charge in [-0.1, -0.05) is 12.2 Å². The molecular formula is C24H37N3O8. The summed E-state index contributed by atoms with van der Waals surface area (Å²) in [5.41, 5.74) is 0. The van der Waals surface area contributed by atoms with Crippen LogP contribution < -0.4 is 10.6 Å². The number of allylic oxidation sites excluding steroid dienone is 2. The van der Waals surface area contributed by atoms with E-state index in [1.807, 2.05) is 0 Å². The van der Waals surface area contributed by atoms with Crippen LogP contribution in [0.4, 0.5) is 4.79 Å². The molecule has 0 radical (unpaired) electrons. The Bertz CT molecular complexity index is 722. The lowest BCUT2D eigenvalue weighted by Gasteiger charge is -2.18. The number of amides is 4. The Labute approximate surface area is 206 Å². The molecule has 0 spiro atoms. The van der Waals surface area contributed by atoms with Crippen molar-refractivity contribution in [3.8, 4) is 0 Å². The summed E-state index contributed by atoms with van der Waals surface area (Å²) in [6, 6.07) is 0. The van der Waals surface area contributed by atoms with E-state index in [9.17, 15) is 19.2 Å². The van der Waals surface area contributed by atoms with Gasteiger partial charge in [-0.2, -0.15) is 0 Å². The highest BCUT2D eigenvalue weighted by Gasteiger charge is 2.23. The lowest BCUT2D eigenvalue weighted by Crippen LogP contribution is -2.35. The molecule has 11 heteroatoms. The molecule has 1 aliphatic heterocycles. The number of nitrogens with one attached hydrogen (secondary N) is 2. The van der Waals surface area contributed by atoms with Crippen molar-refractivity contribution in [1.29, 1.82) is 0 Å². The van der Waals surface area contributed by atoms with Gasteiger partial charge < -0.3 is 29.6 Å². The van der Waals surface area contributed by atoms with Crippen molar-refractivity contribution in [2.24, 2.45) is 0 Å². The predicted octanol–water partition coefficient (Wildman–Crippen LogP) is 1.08. The zero-order valence-electron chi connectivity index (χ0n) is 20.2. The van der Waals surface area contributed by atoms with E-state index in [1.165, 1.54) is 12.2 Å². The summed E-state index contributed by atoms with van der Waals surface area (Å²) in [5, 5.41) is 5.37. The number of hydrogen-bond donors (Lipinski definition) is 2. The van der Waals surface area contributed by atoms with Gasteiger partial charge in [0, 0.05) is 38.2 Å². The van der Waals surface area contributed by atoms with Gasteiger partial charge in [-0.05, 0) is 32.1 Å². The second-order valence-corrected chi connectivity index (χ2v) is 8.03. The van der Waals surface area contributed by atoms with Gasteiger partial charge in [0.25, 0.3) is 11.8 Å². The summed E-state index contributed by atoms with van der Waals surface area (Å²) in [5.74, 6) is -1.05. The minimum Gasteiger partial charge on any atom is -0.446 e. The highest BCUT2D eigenvalue weighted by molar-refractivity contribution is 6.13. The van der Waals surface area contributed by atoms with Crippen LogP contribution in [0.15, 0.2) is 24.3 Å². The van der Waals surface area contributed by atoms with Gasteiger partial charge in [0.05, 0.1) is 39.6 Å². The minimum absolute atomic E-state index is 0.0239. The molecule has 0 saturated carbocycles. The number of imide groups is 1. The number of ether oxygens (including phenoxy) is 4. The summed E-state index contributed by atoms with van der Waals surface area (Å²) in [7, 11) is 0. The van der Waals surface area contributed by atoms with E-state index < -0.39 is 17.9 Å². The molecule has 11 nitrogen and oxygen atoms in total. The minimum atomic E-state index is -0.401. The molecule has 2 rings (SSSR count). The first-order valence-corrected chi connectivity index (χ1v) is 12.2. The topological polar surface area (TPSA) is 132 Å². The lowest BCUT2D eigenvalue weighted by atomic mass is 10.0. The van der Waals surface area contributed by atoms with Crippen molar-refractivity contribution < 1.29 is 38.1 Å². The highest BCUT2D eigenvalue weighted by Crippen LogP contribution is 2.15. The third kappa shape index (κ3) is 13.1. The van der Waals surface area contributed by atoms with Gasteiger partial charge in [0.2, 0.25) is 5.91 Å². The summed E-state index contributed by atoms with van der Waals surface area (Å²) in [4.78, 5) is 47.4. The standard InChI is InChI=1S/C24H37N3O8/c28-21(10-13-27-22(29)8-9-23(27)30)25-11-14-32-16-18-34-19-17-33-15-12-26-24(31)35-20-6-4-2-1-3-5-7-20/h1-2,8-9,20H,3-7,10-19H2,(H,25,28)(H,26,31)/b2-1-. The maximum absolute atomic E-state index is 11.8. The van der Waals surface area contributed by atoms with Crippen LogP contribution in [0.5, 0.6) is 0 Å². The first-order chi connectivity index (χ1) is 17.1. The average Bonchev–Trinajstić information content (AvgIpc) is 3.14. The molecule has 1 unspecified atom stereocenters. The Hall–Kier alpha value is -2.76. The molecule has 0 bridgehead atoms. The molecule has 4 amide bonds. The van der Waals surface area contributed by atoms with Crippen LogP contribution >= 0.6 is 0 Å². The van der Waals surface area contributed by atoms with Crippen LogP contribution in [-0.2, 0) is 33.3 Å². The van der Waals surface area contributed by atoms with E-state index in [1.54, 1.807) is 0 Å². The van der Waals surface area contributed by atoms with Crippen molar-refractivity contribution in [3.05, 3.63) is 24.3 Å². The SMILES string of the molecule is O=C(CCN1C(=O)C=CC1=O)NCCOCCOCCOCCNC(=O)OC1CC/C=C\CCC1. The molecule has 1 aliphatic carbocycles. The largest absolute Gasteiger partial charge is 0.446 e. The normalized spacial score (nSPS) is 18.7. The van der Waals surface area contributed by atoms with Crippen molar-refractivity contribution in [3.63, 3.8) is 0 Å². The summed E-state index contributed by atoms with van der Waals surface area (Å²) in [6.45, 7) is 3.05. The molecule has 0 aromatic heterocycles. The van der Waals surface area contributed by atoms with Crippen molar-refractivity contribution >= 4 is 23.8 Å². The smallest absolute Gasteiger partial charge is 0.407 e. The molecule has 35 heavy (non-hydrogen) atoms. The van der Waals surface area contributed by atoms with E-state index >= 15 is 0 Å². The summed E-state index contributed by atoms with van der Waals surface area (Å²) in [6.07, 6.45) is 11.1. The van der Waals surface area contributed by atoms with E-state index in [-0.39, 0.29) is 25.0 Å². The van der Waals surface area contributed by atoms with Crippen molar-refractivity contribution in [2.45, 2.75) is 44.6 Å². The van der Waals surface area contributed by atoms with Gasteiger partial charge >= 0.3 is 6.09 Å². The number of nitrogens with zero attached hydrogens (tertiary/aromatic N) is 1. The van der Waals surface area contributed by atoms with E-state index in [0.717, 1.165) is 37.0 Å². The number of rotatable bonds is 16. The zero-order valence-corrected chi connectivity index (χ0v) is 20.2. The monoisotopic (exact) mass is 495 g/mol. The Morgan fingerprint density at radius 1 is 0.829 bits per heavy atom. The van der Waals surface area contributed by atoms with Crippen LogP contribution in [0.2, 0.25) is 0 Å². The number of carbonyl (C=O) groups is 4. The van der Waals surface area contributed by atoms with Gasteiger partial charge in [-0.25, -0.2) is 4.79 Å². The second-order valence-electron chi connectivity index (χ2n) is 8.03. The fourth-order valence-electron chi connectivity index (χ4n) is 3.42. The second kappa shape index (κ2) is 17.6. The van der Waals surface area contributed by atoms with Gasteiger partial charge in [0.1, 0.15) is 6.10 Å². The molecule has 196 valence electrons. The predicted molar refractivity (Wildman–Crippen MR) is 126 cm³/mol. The van der Waals surface area contributed by atoms with E-state index in [2.05, 4.69) is 22.8 Å². The van der Waals surface area contributed by atoms with Crippen LogP contribution in [-0.4, -0.2) is 94.1 Å². The Balaban J connectivity index is 1.31. The zero-order chi connectivity index (χ0) is 25.1. The number of carbonyl (C=O) groups excluding carboxylic acids is 4. The lowest BCUT2D eigenvalue weighted by molar-refractivity contribution is -0.137. The molecule has 0 saturated heterocycles. The fourth-order valence-corrected chi connectivity index (χ4v) is 3.42. The van der Waals surface area contributed by atoms with Crippen molar-refractivity contribution in [2.75, 3.05) is 59.3 Å². The van der Waals surface area contributed by atoms with Crippen LogP contribution in [0.1, 0.15) is 38.5 Å². The molecule has 1 heterocycles. The van der Waals surface area contributed by atoms with Gasteiger partial charge in [-0.3, -0.25) is 19.3 Å². The molecule has 1 atom stereocenters. The maximum atomic E-state index is 11.8. The van der Waals surface area contributed by atoms with Crippen LogP contribution in [0.25, 0.3) is 0 Å². The first kappa shape index (κ1) is 28.5. The molecule has 2 N–H and O–H groups in total. The molecule has 2 aliphatic rings. The van der Waals surface area contributed by atoms with Gasteiger partial charge in [0.15, 0.2) is 0 Å². The Morgan fingerprint density at radius 2 is 1.43 bits per heavy atom. The van der Waals surface area contributed by atoms with Crippen LogP contribution in [0.3, 0.4) is 0 Å². The molecule has 0 fully saturated rings. The van der Waals surface area contributed by atoms with Gasteiger partial charge in [-0.15, -0.1) is 0 Å². The fraction of sp³-hybridized carbons (Fsp3) is 0.667. The average molecular weight is 496 g/mol. The van der Waals surface area contributed by atoms with E-state index in [4.69, 9.17) is 18.9 Å². The number of hydrogen-bond acceptors (Lipinski definition) is 8. The quantitative estimate of drug-likeness (QED) is 0.185. The van der Waals surface area contributed by atoms with Crippen molar-refractivity contribution in [1.82, 2.24) is 15.5 Å². The van der Waals surface area contributed by atoms with E-state index in [0.29, 0.717) is 52.7 Å². The number of alkyl carbamates (subject to hydrolysis) is 1. The third-order valence-corrected chi connectivity index (χ3v) is 5.28. The molecule has 0 aromatic carbocycles.